The van der Waals surface area contributed by atoms with Gasteiger partial charge in [0.2, 0.25) is 0 Å². The van der Waals surface area contributed by atoms with E-state index in [1.54, 1.807) is 18.3 Å². The zero-order chi connectivity index (χ0) is 15.5. The Morgan fingerprint density at radius 2 is 2.32 bits per heavy atom. The summed E-state index contributed by atoms with van der Waals surface area (Å²) in [6.07, 6.45) is 5.85. The van der Waals surface area contributed by atoms with Crippen molar-refractivity contribution in [1.82, 2.24) is 15.1 Å². The number of non-ortho nitro benzene ring substituents is 1. The summed E-state index contributed by atoms with van der Waals surface area (Å²) in [6.45, 7) is 0.840. The van der Waals surface area contributed by atoms with Gasteiger partial charge in [-0.2, -0.15) is 5.10 Å². The fraction of sp³-hybridized carbons (Fsp3) is 0.438. The molecule has 6 nitrogen and oxygen atoms in total. The molecule has 1 heterocycles. The molecule has 116 valence electrons. The largest absolute Gasteiger partial charge is 0.310 e. The number of hydrogen-bond acceptors (Lipinski definition) is 4. The molecule has 1 atom stereocenters. The van der Waals surface area contributed by atoms with Crippen LogP contribution in [0.3, 0.4) is 0 Å². The van der Waals surface area contributed by atoms with Crippen molar-refractivity contribution in [2.75, 3.05) is 6.54 Å². The second-order valence-electron chi connectivity index (χ2n) is 5.74. The van der Waals surface area contributed by atoms with E-state index in [1.807, 2.05) is 23.9 Å². The van der Waals surface area contributed by atoms with Gasteiger partial charge in [-0.3, -0.25) is 14.8 Å². The molecule has 0 spiro atoms. The third-order valence-electron chi connectivity index (χ3n) is 4.35. The number of nitrogens with zero attached hydrogens (tertiary/aromatic N) is 3. The van der Waals surface area contributed by atoms with Gasteiger partial charge < -0.3 is 5.32 Å². The maximum absolute atomic E-state index is 11.0. The van der Waals surface area contributed by atoms with E-state index >= 15 is 0 Å². The number of benzene rings is 1. The van der Waals surface area contributed by atoms with Crippen LogP contribution >= 0.6 is 0 Å². The molecule has 0 aliphatic heterocycles. The molecule has 22 heavy (non-hydrogen) atoms. The Bertz CT molecular complexity index is 681. The Morgan fingerprint density at radius 1 is 1.45 bits per heavy atom. The van der Waals surface area contributed by atoms with E-state index in [0.29, 0.717) is 0 Å². The van der Waals surface area contributed by atoms with Crippen molar-refractivity contribution in [1.29, 1.82) is 0 Å². The van der Waals surface area contributed by atoms with E-state index < -0.39 is 0 Å². The Labute approximate surface area is 129 Å². The summed E-state index contributed by atoms with van der Waals surface area (Å²) >= 11 is 0. The van der Waals surface area contributed by atoms with Crippen LogP contribution in [0.15, 0.2) is 30.5 Å². The molecular formula is C16H20N4O2. The van der Waals surface area contributed by atoms with Gasteiger partial charge in [0.25, 0.3) is 5.69 Å². The summed E-state index contributed by atoms with van der Waals surface area (Å²) in [5.41, 5.74) is 3.68. The van der Waals surface area contributed by atoms with Crippen LogP contribution < -0.4 is 5.32 Å². The molecule has 1 aliphatic rings. The summed E-state index contributed by atoms with van der Waals surface area (Å²) in [5, 5.41) is 18.7. The molecule has 3 rings (SSSR count). The van der Waals surface area contributed by atoms with Gasteiger partial charge in [0.15, 0.2) is 0 Å². The zero-order valence-electron chi connectivity index (χ0n) is 12.7. The third kappa shape index (κ3) is 3.01. The van der Waals surface area contributed by atoms with Crippen LogP contribution in [0, 0.1) is 10.1 Å². The SMILES string of the molecule is Cn1nccc1CCN[C@H]1CCCc2ccc([N+](=O)[O-])cc21. The lowest BCUT2D eigenvalue weighted by Gasteiger charge is -2.26. The number of nitro benzene ring substituents is 1. The van der Waals surface area contributed by atoms with Gasteiger partial charge in [-0.1, -0.05) is 6.07 Å². The minimum atomic E-state index is -0.318. The number of nitrogens with one attached hydrogen (secondary N) is 1. The topological polar surface area (TPSA) is 73.0 Å². The molecule has 1 aromatic heterocycles. The Kier molecular flexibility index (Phi) is 4.20. The molecule has 1 N–H and O–H groups in total. The van der Waals surface area contributed by atoms with Crippen LogP contribution in [0.2, 0.25) is 0 Å². The third-order valence-corrected chi connectivity index (χ3v) is 4.35. The molecule has 2 aromatic rings. The lowest BCUT2D eigenvalue weighted by Crippen LogP contribution is -2.27. The van der Waals surface area contributed by atoms with Gasteiger partial charge in [-0.05, 0) is 36.5 Å². The number of hydrogen-bond donors (Lipinski definition) is 1. The van der Waals surface area contributed by atoms with Gasteiger partial charge in [-0.15, -0.1) is 0 Å². The maximum Gasteiger partial charge on any atom is 0.269 e. The quantitative estimate of drug-likeness (QED) is 0.680. The average Bonchev–Trinajstić information content (AvgIpc) is 2.92. The molecule has 1 aliphatic carbocycles. The lowest BCUT2D eigenvalue weighted by atomic mass is 9.87. The normalized spacial score (nSPS) is 17.2. The van der Waals surface area contributed by atoms with Gasteiger partial charge in [0.1, 0.15) is 0 Å². The molecule has 1 aromatic carbocycles. The van der Waals surface area contributed by atoms with Crippen LogP contribution in [-0.4, -0.2) is 21.2 Å². The van der Waals surface area contributed by atoms with Crippen molar-refractivity contribution in [2.24, 2.45) is 7.05 Å². The van der Waals surface area contributed by atoms with Crippen LogP contribution in [0.25, 0.3) is 0 Å². The Morgan fingerprint density at radius 3 is 3.05 bits per heavy atom. The van der Waals surface area contributed by atoms with E-state index in [2.05, 4.69) is 10.4 Å². The second-order valence-corrected chi connectivity index (χ2v) is 5.74. The fourth-order valence-corrected chi connectivity index (χ4v) is 3.13. The maximum atomic E-state index is 11.0. The van der Waals surface area contributed by atoms with Crippen LogP contribution in [0.5, 0.6) is 0 Å². The molecule has 0 unspecified atom stereocenters. The van der Waals surface area contributed by atoms with Crippen LogP contribution in [0.1, 0.15) is 35.7 Å². The number of fused-ring (bicyclic) bond motifs is 1. The molecule has 0 fully saturated rings. The van der Waals surface area contributed by atoms with Gasteiger partial charge in [0.05, 0.1) is 4.92 Å². The van der Waals surface area contributed by atoms with Crippen LogP contribution in [-0.2, 0) is 19.9 Å². The van der Waals surface area contributed by atoms with Crippen molar-refractivity contribution >= 4 is 5.69 Å². The molecule has 0 radical (unpaired) electrons. The van der Waals surface area contributed by atoms with Crippen LogP contribution in [0.4, 0.5) is 5.69 Å². The summed E-state index contributed by atoms with van der Waals surface area (Å²) in [4.78, 5) is 10.7. The molecular weight excluding hydrogens is 280 g/mol. The van der Waals surface area contributed by atoms with Crippen molar-refractivity contribution in [3.8, 4) is 0 Å². The first-order valence-corrected chi connectivity index (χ1v) is 7.62. The highest BCUT2D eigenvalue weighted by molar-refractivity contribution is 5.42. The minimum absolute atomic E-state index is 0.180. The number of rotatable bonds is 5. The van der Waals surface area contributed by atoms with E-state index in [1.165, 1.54) is 11.3 Å². The molecule has 0 saturated heterocycles. The number of aromatic nitrogens is 2. The minimum Gasteiger partial charge on any atom is -0.310 e. The average molecular weight is 300 g/mol. The molecule has 0 saturated carbocycles. The summed E-state index contributed by atoms with van der Waals surface area (Å²) in [6, 6.07) is 7.47. The predicted molar refractivity (Wildman–Crippen MR) is 83.7 cm³/mol. The standard InChI is InChI=1S/C16H20N4O2/c1-19-13(8-10-18-19)7-9-17-16-4-2-3-12-5-6-14(20(21)22)11-15(12)16/h5-6,8,10-11,16-17H,2-4,7,9H2,1H3/t16-/m0/s1. The highest BCUT2D eigenvalue weighted by Gasteiger charge is 2.22. The Hall–Kier alpha value is -2.21. The van der Waals surface area contributed by atoms with Gasteiger partial charge >= 0.3 is 0 Å². The van der Waals surface area contributed by atoms with Crippen molar-refractivity contribution in [3.05, 3.63) is 57.4 Å². The molecule has 0 amide bonds. The molecule has 6 heteroatoms. The van der Waals surface area contributed by atoms with Gasteiger partial charge in [0, 0.05) is 50.1 Å². The number of nitro groups is 1. The smallest absolute Gasteiger partial charge is 0.269 e. The second kappa shape index (κ2) is 6.27. The molecule has 0 bridgehead atoms. The van der Waals surface area contributed by atoms with E-state index in [9.17, 15) is 10.1 Å². The lowest BCUT2D eigenvalue weighted by molar-refractivity contribution is -0.385. The van der Waals surface area contributed by atoms with Gasteiger partial charge in [-0.25, -0.2) is 0 Å². The van der Waals surface area contributed by atoms with Crippen molar-refractivity contribution in [3.63, 3.8) is 0 Å². The first kappa shape index (κ1) is 14.7. The van der Waals surface area contributed by atoms with Crippen molar-refractivity contribution < 1.29 is 4.92 Å². The fourth-order valence-electron chi connectivity index (χ4n) is 3.13. The van der Waals surface area contributed by atoms with E-state index in [4.69, 9.17) is 0 Å². The summed E-state index contributed by atoms with van der Waals surface area (Å²) < 4.78 is 1.88. The summed E-state index contributed by atoms with van der Waals surface area (Å²) in [7, 11) is 1.94. The zero-order valence-corrected chi connectivity index (χ0v) is 12.7. The summed E-state index contributed by atoms with van der Waals surface area (Å²) in [5.74, 6) is 0. The highest BCUT2D eigenvalue weighted by Crippen LogP contribution is 2.32. The first-order chi connectivity index (χ1) is 10.6. The number of aryl methyl sites for hydroxylation is 2. The monoisotopic (exact) mass is 300 g/mol. The van der Waals surface area contributed by atoms with E-state index in [-0.39, 0.29) is 16.7 Å². The first-order valence-electron chi connectivity index (χ1n) is 7.62. The van der Waals surface area contributed by atoms with Crippen molar-refractivity contribution in [2.45, 2.75) is 31.7 Å². The highest BCUT2D eigenvalue weighted by atomic mass is 16.6. The predicted octanol–water partition coefficient (Wildman–Crippen LogP) is 2.54. The Balaban J connectivity index is 1.69. The van der Waals surface area contributed by atoms with E-state index in [0.717, 1.165) is 37.8 Å².